The van der Waals surface area contributed by atoms with Gasteiger partial charge in [0.1, 0.15) is 5.82 Å². The van der Waals surface area contributed by atoms with Crippen molar-refractivity contribution in [3.8, 4) is 11.8 Å². The van der Waals surface area contributed by atoms with Crippen LogP contribution in [0.4, 0.5) is 4.39 Å². The van der Waals surface area contributed by atoms with Gasteiger partial charge in [-0.25, -0.2) is 4.39 Å². The highest BCUT2D eigenvalue weighted by atomic mass is 32.2. The lowest BCUT2D eigenvalue weighted by molar-refractivity contribution is -0.108. The number of benzene rings is 2. The van der Waals surface area contributed by atoms with Crippen LogP contribution in [0.3, 0.4) is 0 Å². The van der Waals surface area contributed by atoms with Gasteiger partial charge in [-0.05, 0) is 84.6 Å². The van der Waals surface area contributed by atoms with Crippen LogP contribution in [-0.4, -0.2) is 10.2 Å². The first-order valence-electron chi connectivity index (χ1n) is 7.52. The molecule has 0 amide bonds. The number of carbonyl (C=O) groups excluding carboxylic acids is 2. The zero-order valence-corrected chi connectivity index (χ0v) is 15.7. The van der Waals surface area contributed by atoms with Crippen molar-refractivity contribution in [3.63, 3.8) is 0 Å². The normalized spacial score (nSPS) is 9.77. The summed E-state index contributed by atoms with van der Waals surface area (Å²) in [6.07, 6.45) is 1.14. The van der Waals surface area contributed by atoms with Crippen LogP contribution in [-0.2, 0) is 9.59 Å². The third kappa shape index (κ3) is 5.76. The van der Waals surface area contributed by atoms with E-state index in [0.717, 1.165) is 40.1 Å². The topological polar surface area (TPSA) is 34.1 Å². The highest BCUT2D eigenvalue weighted by molar-refractivity contribution is 8.14. The number of hydrogen-bond donors (Lipinski definition) is 0. The van der Waals surface area contributed by atoms with Gasteiger partial charge in [-0.2, -0.15) is 0 Å². The summed E-state index contributed by atoms with van der Waals surface area (Å²) in [7, 11) is 0. The molecule has 0 atom stereocenters. The molecule has 0 spiro atoms. The molecule has 0 N–H and O–H groups in total. The Kier molecular flexibility index (Phi) is 7.02. The molecule has 0 aliphatic rings. The van der Waals surface area contributed by atoms with Crippen LogP contribution >= 0.6 is 23.5 Å². The van der Waals surface area contributed by atoms with Crippen LogP contribution in [0.15, 0.2) is 77.1 Å². The monoisotopic (exact) mass is 382 g/mol. The predicted molar refractivity (Wildman–Crippen MR) is 106 cm³/mol. The molecule has 0 aliphatic carbocycles. The maximum absolute atomic E-state index is 14.0. The third-order valence-corrected chi connectivity index (χ3v) is 5.03. The average molecular weight is 382 g/mol. The van der Waals surface area contributed by atoms with Gasteiger partial charge in [0.05, 0.1) is 4.90 Å². The largest absolute Gasteiger partial charge is 0.282 e. The van der Waals surface area contributed by atoms with Gasteiger partial charge in [-0.15, -0.1) is 0 Å². The molecule has 0 heterocycles. The Bertz CT molecular complexity index is 935. The zero-order valence-electron chi connectivity index (χ0n) is 14.0. The number of rotatable bonds is 4. The standard InChI is InChI=1S/C21H15FO2S2/c1-4-20(23)26-19-12-9-16(13-18(19)22)6-5-15-7-10-17(11-8-15)25-21(24)14(2)3/h4,7-13H,1-2H2,3H3. The van der Waals surface area contributed by atoms with Gasteiger partial charge in [0, 0.05) is 16.0 Å². The summed E-state index contributed by atoms with van der Waals surface area (Å²) in [5, 5.41) is -0.391. The highest BCUT2D eigenvalue weighted by Gasteiger charge is 2.07. The summed E-state index contributed by atoms with van der Waals surface area (Å²) in [5.74, 6) is 5.33. The summed E-state index contributed by atoms with van der Waals surface area (Å²) in [4.78, 5) is 24.0. The molecule has 0 aliphatic heterocycles. The van der Waals surface area contributed by atoms with Gasteiger partial charge < -0.3 is 0 Å². The van der Waals surface area contributed by atoms with Gasteiger partial charge in [-0.3, -0.25) is 9.59 Å². The van der Waals surface area contributed by atoms with E-state index >= 15 is 0 Å². The smallest absolute Gasteiger partial charge is 0.219 e. The van der Waals surface area contributed by atoms with Crippen LogP contribution in [0.25, 0.3) is 0 Å². The molecule has 0 bridgehead atoms. The van der Waals surface area contributed by atoms with Crippen molar-refractivity contribution in [2.75, 3.05) is 0 Å². The minimum atomic E-state index is -0.498. The molecular weight excluding hydrogens is 367 g/mol. The van der Waals surface area contributed by atoms with Crippen LogP contribution in [0.2, 0.25) is 0 Å². The van der Waals surface area contributed by atoms with Crippen LogP contribution < -0.4 is 0 Å². The molecule has 0 radical (unpaired) electrons. The second-order valence-corrected chi connectivity index (χ2v) is 7.31. The number of halogens is 1. The molecule has 130 valence electrons. The second-order valence-electron chi connectivity index (χ2n) is 5.21. The molecule has 2 aromatic carbocycles. The lowest BCUT2D eigenvalue weighted by Crippen LogP contribution is -1.90. The summed E-state index contributed by atoms with van der Waals surface area (Å²) >= 11 is 1.90. The highest BCUT2D eigenvalue weighted by Crippen LogP contribution is 2.24. The Morgan fingerprint density at radius 1 is 1.04 bits per heavy atom. The molecule has 0 saturated carbocycles. The molecule has 0 aromatic heterocycles. The Morgan fingerprint density at radius 3 is 2.23 bits per heavy atom. The fraction of sp³-hybridized carbons (Fsp3) is 0.0476. The van der Waals surface area contributed by atoms with Gasteiger partial charge >= 0.3 is 0 Å². The fourth-order valence-corrected chi connectivity index (χ4v) is 3.01. The number of carbonyl (C=O) groups is 2. The molecule has 0 unspecified atom stereocenters. The van der Waals surface area contributed by atoms with E-state index in [4.69, 9.17) is 0 Å². The summed E-state index contributed by atoms with van der Waals surface area (Å²) in [6, 6.07) is 11.7. The van der Waals surface area contributed by atoms with E-state index in [0.29, 0.717) is 11.1 Å². The number of hydrogen-bond acceptors (Lipinski definition) is 4. The second kappa shape index (κ2) is 9.23. The summed E-state index contributed by atoms with van der Waals surface area (Å²) < 4.78 is 14.0. The van der Waals surface area contributed by atoms with Gasteiger partial charge in [-0.1, -0.05) is 25.0 Å². The fourth-order valence-electron chi connectivity index (χ4n) is 1.76. The molecule has 5 heteroatoms. The van der Waals surface area contributed by atoms with E-state index in [1.54, 1.807) is 37.3 Å². The number of thioether (sulfide) groups is 2. The minimum Gasteiger partial charge on any atom is -0.282 e. The third-order valence-electron chi connectivity index (χ3n) is 3.07. The van der Waals surface area contributed by atoms with Crippen molar-refractivity contribution < 1.29 is 14.0 Å². The SMILES string of the molecule is C=CC(=O)Sc1ccc(C#Cc2ccc(SC(=O)C(=C)C)cc2)cc1F. The van der Waals surface area contributed by atoms with E-state index < -0.39 is 5.82 Å². The van der Waals surface area contributed by atoms with E-state index in [1.165, 1.54) is 12.1 Å². The van der Waals surface area contributed by atoms with E-state index in [9.17, 15) is 14.0 Å². The van der Waals surface area contributed by atoms with Crippen molar-refractivity contribution >= 4 is 33.8 Å². The maximum atomic E-state index is 14.0. The lowest BCUT2D eigenvalue weighted by Gasteiger charge is -2.01. The Morgan fingerprint density at radius 2 is 1.65 bits per heavy atom. The van der Waals surface area contributed by atoms with Gasteiger partial charge in [0.15, 0.2) is 0 Å². The van der Waals surface area contributed by atoms with E-state index in [-0.39, 0.29) is 15.1 Å². The quantitative estimate of drug-likeness (QED) is 0.412. The first-order chi connectivity index (χ1) is 12.4. The summed E-state index contributed by atoms with van der Waals surface area (Å²) in [6.45, 7) is 8.65. The molecule has 26 heavy (non-hydrogen) atoms. The minimum absolute atomic E-state index is 0.0767. The molecule has 2 nitrogen and oxygen atoms in total. The maximum Gasteiger partial charge on any atom is 0.219 e. The molecule has 0 fully saturated rings. The van der Waals surface area contributed by atoms with Crippen molar-refractivity contribution in [1.29, 1.82) is 0 Å². The van der Waals surface area contributed by atoms with Gasteiger partial charge in [0.2, 0.25) is 10.2 Å². The van der Waals surface area contributed by atoms with Crippen molar-refractivity contribution in [1.82, 2.24) is 0 Å². The zero-order chi connectivity index (χ0) is 19.1. The Labute approximate surface area is 160 Å². The molecule has 0 saturated heterocycles. The first kappa shape index (κ1) is 19.8. The molecular formula is C21H15FO2S2. The Balaban J connectivity index is 2.10. The van der Waals surface area contributed by atoms with Gasteiger partial charge in [0.25, 0.3) is 0 Å². The first-order valence-corrected chi connectivity index (χ1v) is 9.16. The van der Waals surface area contributed by atoms with Crippen molar-refractivity contribution in [2.24, 2.45) is 0 Å². The summed E-state index contributed by atoms with van der Waals surface area (Å²) in [5.41, 5.74) is 1.75. The Hall–Kier alpha value is -2.55. The molecule has 2 aromatic rings. The van der Waals surface area contributed by atoms with Crippen molar-refractivity contribution in [3.05, 3.63) is 84.2 Å². The lowest BCUT2D eigenvalue weighted by atomic mass is 10.2. The van der Waals surface area contributed by atoms with E-state index in [1.807, 2.05) is 0 Å². The van der Waals surface area contributed by atoms with Crippen molar-refractivity contribution in [2.45, 2.75) is 16.7 Å². The van der Waals surface area contributed by atoms with Crippen LogP contribution in [0.1, 0.15) is 18.1 Å². The average Bonchev–Trinajstić information content (AvgIpc) is 2.62. The van der Waals surface area contributed by atoms with Crippen LogP contribution in [0.5, 0.6) is 0 Å². The van der Waals surface area contributed by atoms with E-state index in [2.05, 4.69) is 25.0 Å². The van der Waals surface area contributed by atoms with Crippen LogP contribution in [0, 0.1) is 17.7 Å². The predicted octanol–water partition coefficient (Wildman–Crippen LogP) is 5.23. The molecule has 2 rings (SSSR count).